The molecule has 5 rings (SSSR count). The molecule has 0 fully saturated rings. The van der Waals surface area contributed by atoms with Crippen molar-refractivity contribution in [2.24, 2.45) is 0 Å². The van der Waals surface area contributed by atoms with Gasteiger partial charge in [-0.1, -0.05) is 0 Å². The third kappa shape index (κ3) is 2.97. The third-order valence-electron chi connectivity index (χ3n) is 9.71. The molecule has 3 aromatic carbocycles. The maximum absolute atomic E-state index is 16.5. The van der Waals surface area contributed by atoms with E-state index in [0.29, 0.717) is 27.8 Å². The second kappa shape index (κ2) is 7.76. The van der Waals surface area contributed by atoms with Gasteiger partial charge in [0.15, 0.2) is 5.78 Å². The number of benzene rings is 3. The molecular formula is C32H30F6O. The van der Waals surface area contributed by atoms with Gasteiger partial charge in [0.05, 0.1) is 0 Å². The van der Waals surface area contributed by atoms with E-state index in [1.165, 1.54) is 20.8 Å². The van der Waals surface area contributed by atoms with Gasteiger partial charge in [0.2, 0.25) is 0 Å². The topological polar surface area (TPSA) is 17.1 Å². The molecule has 0 unspecified atom stereocenters. The predicted octanol–water partition coefficient (Wildman–Crippen LogP) is 9.05. The molecule has 2 aliphatic rings. The van der Waals surface area contributed by atoms with Crippen molar-refractivity contribution in [3.63, 3.8) is 0 Å². The summed E-state index contributed by atoms with van der Waals surface area (Å²) in [6, 6.07) is 0. The normalized spacial score (nSPS) is 17.9. The van der Waals surface area contributed by atoms with Crippen molar-refractivity contribution in [2.45, 2.75) is 87.0 Å². The predicted molar refractivity (Wildman–Crippen MR) is 139 cm³/mol. The largest absolute Gasteiger partial charge is 0.300 e. The van der Waals surface area contributed by atoms with Gasteiger partial charge in [0.1, 0.15) is 0 Å². The summed E-state index contributed by atoms with van der Waals surface area (Å²) >= 11 is 0. The molecule has 0 bridgehead atoms. The van der Waals surface area contributed by atoms with Gasteiger partial charge >= 0.3 is 0 Å². The summed E-state index contributed by atoms with van der Waals surface area (Å²) in [6.07, 6.45) is 0. The molecule has 2 aliphatic carbocycles. The average molecular weight is 545 g/mol. The van der Waals surface area contributed by atoms with Gasteiger partial charge in [-0.05, 0) is 125 Å². The highest BCUT2D eigenvalue weighted by atomic mass is 19.3. The Labute approximate surface area is 224 Å². The molecule has 1 nitrogen and oxygen atoms in total. The van der Waals surface area contributed by atoms with Crippen LogP contribution in [0.1, 0.15) is 105 Å². The summed E-state index contributed by atoms with van der Waals surface area (Å²) < 4.78 is 99.2. The fourth-order valence-corrected chi connectivity index (χ4v) is 7.05. The number of rotatable bonds is 0. The monoisotopic (exact) mass is 544 g/mol. The SMILES string of the molecule is Cc1c(C)c(C)c2c(c1C)C(=O)c1c(C)c3c(c(C)c1C2(F)F)C(F)(F)c1c(C)c(C)c(C)c(C)c1C3(F)F. The van der Waals surface area contributed by atoms with Crippen LogP contribution in [0.5, 0.6) is 0 Å². The lowest BCUT2D eigenvalue weighted by Crippen LogP contribution is -2.41. The maximum Gasteiger partial charge on any atom is 0.300 e. The smallest absolute Gasteiger partial charge is 0.289 e. The Morgan fingerprint density at radius 3 is 1.03 bits per heavy atom. The van der Waals surface area contributed by atoms with Crippen LogP contribution in [0.4, 0.5) is 26.3 Å². The summed E-state index contributed by atoms with van der Waals surface area (Å²) in [4.78, 5) is 14.0. The van der Waals surface area contributed by atoms with E-state index in [-0.39, 0.29) is 22.3 Å². The molecule has 0 aliphatic heterocycles. The first-order valence-electron chi connectivity index (χ1n) is 12.8. The Kier molecular flexibility index (Phi) is 5.47. The van der Waals surface area contributed by atoms with Crippen LogP contribution >= 0.6 is 0 Å². The van der Waals surface area contributed by atoms with Crippen LogP contribution in [0.3, 0.4) is 0 Å². The number of carbonyl (C=O) groups excluding carboxylic acids is 1. The standard InChI is InChI=1S/C32H30F6O/c1-11-12(2)16(6)23-21(15(11)5)29(39)22-19(9)27-28(20(10)24(22)30(23,33)34)32(37,38)26-18(8)14(4)13(3)17(7)25(26)31(27,35)36/h1-10H3. The number of hydrogen-bond acceptors (Lipinski definition) is 1. The zero-order chi connectivity index (χ0) is 29.5. The third-order valence-corrected chi connectivity index (χ3v) is 9.71. The van der Waals surface area contributed by atoms with Gasteiger partial charge < -0.3 is 0 Å². The number of carbonyl (C=O) groups is 1. The maximum atomic E-state index is 16.5. The molecule has 0 saturated carbocycles. The Morgan fingerprint density at radius 1 is 0.333 bits per heavy atom. The lowest BCUT2D eigenvalue weighted by molar-refractivity contribution is -0.0151. The minimum absolute atomic E-state index is 0.00366. The van der Waals surface area contributed by atoms with Crippen molar-refractivity contribution < 1.29 is 31.1 Å². The molecule has 0 spiro atoms. The highest BCUT2D eigenvalue weighted by Crippen LogP contribution is 2.61. The first kappa shape index (κ1) is 27.5. The van der Waals surface area contributed by atoms with E-state index in [0.717, 1.165) is 13.8 Å². The van der Waals surface area contributed by atoms with E-state index < -0.39 is 73.6 Å². The van der Waals surface area contributed by atoms with Gasteiger partial charge in [0, 0.05) is 44.5 Å². The molecule has 0 radical (unpaired) electrons. The van der Waals surface area contributed by atoms with Crippen molar-refractivity contribution >= 4 is 5.78 Å². The molecule has 3 aromatic rings. The van der Waals surface area contributed by atoms with Gasteiger partial charge in [-0.15, -0.1) is 0 Å². The summed E-state index contributed by atoms with van der Waals surface area (Å²) in [5.74, 6) is -12.6. The molecule has 206 valence electrons. The Balaban J connectivity index is 2.02. The molecule has 0 heterocycles. The van der Waals surface area contributed by atoms with Gasteiger partial charge in [-0.3, -0.25) is 4.79 Å². The second-order valence-corrected chi connectivity index (χ2v) is 11.3. The van der Waals surface area contributed by atoms with E-state index in [1.807, 2.05) is 0 Å². The van der Waals surface area contributed by atoms with Crippen LogP contribution in [0.15, 0.2) is 0 Å². The van der Waals surface area contributed by atoms with E-state index in [1.54, 1.807) is 34.6 Å². The zero-order valence-corrected chi connectivity index (χ0v) is 23.7. The van der Waals surface area contributed by atoms with Crippen molar-refractivity contribution in [2.75, 3.05) is 0 Å². The number of fused-ring (bicyclic) bond motifs is 4. The van der Waals surface area contributed by atoms with Crippen LogP contribution < -0.4 is 0 Å². The molecular weight excluding hydrogens is 514 g/mol. The van der Waals surface area contributed by atoms with Crippen LogP contribution in [0.2, 0.25) is 0 Å². The van der Waals surface area contributed by atoms with Gasteiger partial charge in [-0.2, -0.15) is 26.3 Å². The quantitative estimate of drug-likeness (QED) is 0.258. The Hall–Kier alpha value is -3.09. The van der Waals surface area contributed by atoms with Gasteiger partial charge in [-0.25, -0.2) is 0 Å². The van der Waals surface area contributed by atoms with Crippen LogP contribution in [0.25, 0.3) is 0 Å². The fraction of sp³-hybridized carbons (Fsp3) is 0.406. The minimum Gasteiger partial charge on any atom is -0.289 e. The van der Waals surface area contributed by atoms with E-state index in [2.05, 4.69) is 0 Å². The summed E-state index contributed by atoms with van der Waals surface area (Å²) in [5, 5.41) is 0. The number of alkyl halides is 6. The van der Waals surface area contributed by atoms with Crippen molar-refractivity contribution in [3.05, 3.63) is 100 Å². The first-order valence-corrected chi connectivity index (χ1v) is 12.8. The van der Waals surface area contributed by atoms with Crippen LogP contribution in [-0.2, 0) is 17.8 Å². The Morgan fingerprint density at radius 2 is 0.590 bits per heavy atom. The lowest BCUT2D eigenvalue weighted by Gasteiger charge is -2.42. The highest BCUT2D eigenvalue weighted by Gasteiger charge is 2.60. The highest BCUT2D eigenvalue weighted by molar-refractivity contribution is 6.15. The summed E-state index contributed by atoms with van der Waals surface area (Å²) in [6.45, 7) is 14.5. The second-order valence-electron chi connectivity index (χ2n) is 11.3. The number of halogens is 6. The molecule has 0 aromatic heterocycles. The fourth-order valence-electron chi connectivity index (χ4n) is 7.05. The van der Waals surface area contributed by atoms with Gasteiger partial charge in [0.25, 0.3) is 17.8 Å². The van der Waals surface area contributed by atoms with Crippen molar-refractivity contribution in [1.29, 1.82) is 0 Å². The molecule has 7 heteroatoms. The number of ketones is 1. The molecule has 0 amide bonds. The van der Waals surface area contributed by atoms with E-state index in [9.17, 15) is 4.79 Å². The summed E-state index contributed by atoms with van der Waals surface area (Å²) in [5.41, 5.74) is -4.63. The summed E-state index contributed by atoms with van der Waals surface area (Å²) in [7, 11) is 0. The first-order chi connectivity index (χ1) is 17.7. The van der Waals surface area contributed by atoms with Crippen molar-refractivity contribution in [3.8, 4) is 0 Å². The molecule has 0 N–H and O–H groups in total. The zero-order valence-electron chi connectivity index (χ0n) is 23.7. The minimum atomic E-state index is -3.99. The average Bonchev–Trinajstić information content (AvgIpc) is 2.83. The van der Waals surface area contributed by atoms with Crippen LogP contribution in [0, 0.1) is 69.2 Å². The van der Waals surface area contributed by atoms with Crippen molar-refractivity contribution in [1.82, 2.24) is 0 Å². The van der Waals surface area contributed by atoms with E-state index >= 15 is 26.3 Å². The Bertz CT molecular complexity index is 1690. The van der Waals surface area contributed by atoms with E-state index in [4.69, 9.17) is 0 Å². The lowest BCUT2D eigenvalue weighted by atomic mass is 9.66. The molecule has 39 heavy (non-hydrogen) atoms. The molecule has 0 saturated heterocycles. The molecule has 0 atom stereocenters. The van der Waals surface area contributed by atoms with Crippen LogP contribution in [-0.4, -0.2) is 5.78 Å². The number of hydrogen-bond donors (Lipinski definition) is 0.